The molecule has 0 amide bonds. The SMILES string of the molecule is CNc1nc(Cl)nc(NC(C)CN2CCOCC2)n1. The highest BCUT2D eigenvalue weighted by Crippen LogP contribution is 2.10. The smallest absolute Gasteiger partial charge is 0.229 e. The van der Waals surface area contributed by atoms with Gasteiger partial charge in [0.15, 0.2) is 0 Å². The highest BCUT2D eigenvalue weighted by molar-refractivity contribution is 6.28. The van der Waals surface area contributed by atoms with Crippen LogP contribution in [0.3, 0.4) is 0 Å². The molecule has 1 atom stereocenters. The first-order valence-corrected chi connectivity index (χ1v) is 6.71. The quantitative estimate of drug-likeness (QED) is 0.825. The van der Waals surface area contributed by atoms with Gasteiger partial charge in [0.2, 0.25) is 17.2 Å². The Hall–Kier alpha value is -1.18. The number of ether oxygens (including phenoxy) is 1. The Balaban J connectivity index is 1.90. The van der Waals surface area contributed by atoms with Gasteiger partial charge in [-0.1, -0.05) is 0 Å². The second kappa shape index (κ2) is 6.83. The molecule has 2 heterocycles. The Morgan fingerprint density at radius 1 is 1.26 bits per heavy atom. The topological polar surface area (TPSA) is 75.2 Å². The molecule has 2 N–H and O–H groups in total. The van der Waals surface area contributed by atoms with Crippen molar-refractivity contribution in [2.24, 2.45) is 0 Å². The number of nitrogens with zero attached hydrogens (tertiary/aromatic N) is 4. The van der Waals surface area contributed by atoms with Crippen LogP contribution in [0.1, 0.15) is 6.92 Å². The molecule has 1 unspecified atom stereocenters. The van der Waals surface area contributed by atoms with Gasteiger partial charge in [-0.25, -0.2) is 0 Å². The number of aromatic nitrogens is 3. The molecule has 7 nitrogen and oxygen atoms in total. The van der Waals surface area contributed by atoms with Crippen LogP contribution in [-0.2, 0) is 4.74 Å². The number of nitrogens with one attached hydrogen (secondary N) is 2. The molecule has 0 bridgehead atoms. The lowest BCUT2D eigenvalue weighted by molar-refractivity contribution is 0.0368. The van der Waals surface area contributed by atoms with Crippen molar-refractivity contribution in [3.8, 4) is 0 Å². The maximum absolute atomic E-state index is 5.83. The van der Waals surface area contributed by atoms with Crippen molar-refractivity contribution in [3.63, 3.8) is 0 Å². The average Bonchev–Trinajstić information content (AvgIpc) is 2.38. The summed E-state index contributed by atoms with van der Waals surface area (Å²) in [5.41, 5.74) is 0. The van der Waals surface area contributed by atoms with Gasteiger partial charge in [-0.2, -0.15) is 15.0 Å². The lowest BCUT2D eigenvalue weighted by Gasteiger charge is -2.29. The molecular formula is C11H19ClN6O. The van der Waals surface area contributed by atoms with Gasteiger partial charge in [0, 0.05) is 32.7 Å². The third-order valence-corrected chi connectivity index (χ3v) is 3.01. The van der Waals surface area contributed by atoms with E-state index in [1.165, 1.54) is 0 Å². The Labute approximate surface area is 117 Å². The first kappa shape index (κ1) is 14.2. The Bertz CT molecular complexity index is 412. The molecule has 0 spiro atoms. The first-order valence-electron chi connectivity index (χ1n) is 6.33. The van der Waals surface area contributed by atoms with Gasteiger partial charge in [-0.15, -0.1) is 0 Å². The van der Waals surface area contributed by atoms with Crippen LogP contribution >= 0.6 is 11.6 Å². The van der Waals surface area contributed by atoms with Gasteiger partial charge in [-0.3, -0.25) is 4.90 Å². The molecule has 0 aromatic carbocycles. The fourth-order valence-corrected chi connectivity index (χ4v) is 2.12. The second-order valence-electron chi connectivity index (χ2n) is 4.46. The summed E-state index contributed by atoms with van der Waals surface area (Å²) in [5, 5.41) is 6.27. The third kappa shape index (κ3) is 4.45. The fraction of sp³-hybridized carbons (Fsp3) is 0.727. The van der Waals surface area contributed by atoms with Crippen LogP contribution in [0.5, 0.6) is 0 Å². The van der Waals surface area contributed by atoms with Gasteiger partial charge in [-0.05, 0) is 18.5 Å². The maximum Gasteiger partial charge on any atom is 0.229 e. The predicted octanol–water partition coefficient (Wildman–Crippen LogP) is 0.699. The molecule has 19 heavy (non-hydrogen) atoms. The van der Waals surface area contributed by atoms with E-state index >= 15 is 0 Å². The molecule has 1 saturated heterocycles. The zero-order valence-electron chi connectivity index (χ0n) is 11.2. The number of anilines is 2. The van der Waals surface area contributed by atoms with Crippen molar-refractivity contribution in [1.29, 1.82) is 0 Å². The Morgan fingerprint density at radius 2 is 1.95 bits per heavy atom. The van der Waals surface area contributed by atoms with Crippen LogP contribution in [0.25, 0.3) is 0 Å². The molecule has 1 fully saturated rings. The van der Waals surface area contributed by atoms with E-state index in [1.54, 1.807) is 7.05 Å². The maximum atomic E-state index is 5.83. The van der Waals surface area contributed by atoms with Crippen molar-refractivity contribution in [2.45, 2.75) is 13.0 Å². The van der Waals surface area contributed by atoms with Crippen LogP contribution < -0.4 is 10.6 Å². The molecule has 8 heteroatoms. The fourth-order valence-electron chi connectivity index (χ4n) is 1.96. The summed E-state index contributed by atoms with van der Waals surface area (Å²) in [4.78, 5) is 14.6. The van der Waals surface area contributed by atoms with E-state index in [9.17, 15) is 0 Å². The zero-order valence-corrected chi connectivity index (χ0v) is 11.9. The minimum atomic E-state index is 0.181. The van der Waals surface area contributed by atoms with Crippen molar-refractivity contribution in [2.75, 3.05) is 50.5 Å². The van der Waals surface area contributed by atoms with E-state index in [0.717, 1.165) is 32.8 Å². The Morgan fingerprint density at radius 3 is 2.63 bits per heavy atom. The molecule has 0 saturated carbocycles. The molecule has 1 aromatic heterocycles. The number of morpholine rings is 1. The molecule has 1 aromatic rings. The summed E-state index contributed by atoms with van der Waals surface area (Å²) in [6.07, 6.45) is 0. The number of halogens is 1. The van der Waals surface area contributed by atoms with E-state index in [2.05, 4.69) is 37.4 Å². The van der Waals surface area contributed by atoms with E-state index in [-0.39, 0.29) is 11.3 Å². The molecule has 0 radical (unpaired) electrons. The number of hydrogen-bond acceptors (Lipinski definition) is 7. The van der Waals surface area contributed by atoms with E-state index < -0.39 is 0 Å². The van der Waals surface area contributed by atoms with E-state index in [1.807, 2.05) is 0 Å². The predicted molar refractivity (Wildman–Crippen MR) is 74.7 cm³/mol. The highest BCUT2D eigenvalue weighted by atomic mass is 35.5. The summed E-state index contributed by atoms with van der Waals surface area (Å²) < 4.78 is 5.32. The van der Waals surface area contributed by atoms with Crippen LogP contribution in [0.2, 0.25) is 5.28 Å². The van der Waals surface area contributed by atoms with Crippen LogP contribution in [0.4, 0.5) is 11.9 Å². The zero-order chi connectivity index (χ0) is 13.7. The molecule has 2 rings (SSSR count). The average molecular weight is 287 g/mol. The minimum absolute atomic E-state index is 0.181. The molecule has 106 valence electrons. The van der Waals surface area contributed by atoms with Gasteiger partial charge < -0.3 is 15.4 Å². The van der Waals surface area contributed by atoms with E-state index in [4.69, 9.17) is 16.3 Å². The van der Waals surface area contributed by atoms with Crippen LogP contribution in [0, 0.1) is 0 Å². The van der Waals surface area contributed by atoms with Gasteiger partial charge in [0.25, 0.3) is 0 Å². The molecule has 1 aliphatic rings. The van der Waals surface area contributed by atoms with Crippen molar-refractivity contribution < 1.29 is 4.74 Å². The Kier molecular flexibility index (Phi) is 5.12. The molecular weight excluding hydrogens is 268 g/mol. The normalized spacial score (nSPS) is 18.1. The first-order chi connectivity index (χ1) is 9.17. The summed E-state index contributed by atoms with van der Waals surface area (Å²) in [6, 6.07) is 0.223. The van der Waals surface area contributed by atoms with Gasteiger partial charge in [0.05, 0.1) is 13.2 Å². The summed E-state index contributed by atoms with van der Waals surface area (Å²) in [7, 11) is 1.74. The van der Waals surface area contributed by atoms with Crippen LogP contribution in [-0.4, -0.2) is 65.8 Å². The van der Waals surface area contributed by atoms with Crippen molar-refractivity contribution in [3.05, 3.63) is 5.28 Å². The lowest BCUT2D eigenvalue weighted by Crippen LogP contribution is -2.42. The molecule has 1 aliphatic heterocycles. The highest BCUT2D eigenvalue weighted by Gasteiger charge is 2.14. The van der Waals surface area contributed by atoms with Gasteiger partial charge >= 0.3 is 0 Å². The van der Waals surface area contributed by atoms with Crippen molar-refractivity contribution in [1.82, 2.24) is 19.9 Å². The summed E-state index contributed by atoms with van der Waals surface area (Å²) in [5.74, 6) is 0.950. The number of rotatable bonds is 5. The van der Waals surface area contributed by atoms with Crippen LogP contribution in [0.15, 0.2) is 0 Å². The molecule has 0 aliphatic carbocycles. The van der Waals surface area contributed by atoms with Gasteiger partial charge in [0.1, 0.15) is 0 Å². The third-order valence-electron chi connectivity index (χ3n) is 2.84. The minimum Gasteiger partial charge on any atom is -0.379 e. The monoisotopic (exact) mass is 286 g/mol. The summed E-state index contributed by atoms with van der Waals surface area (Å²) in [6.45, 7) is 6.54. The summed E-state index contributed by atoms with van der Waals surface area (Å²) >= 11 is 5.83. The lowest BCUT2D eigenvalue weighted by atomic mass is 10.3. The van der Waals surface area contributed by atoms with E-state index in [0.29, 0.717) is 11.9 Å². The number of hydrogen-bond donors (Lipinski definition) is 2. The standard InChI is InChI=1S/C11H19ClN6O/c1-8(7-18-3-5-19-6-4-18)14-11-16-9(12)15-10(13-2)17-11/h8H,3-7H2,1-2H3,(H2,13,14,15,16,17). The largest absolute Gasteiger partial charge is 0.379 e. The second-order valence-corrected chi connectivity index (χ2v) is 4.80. The van der Waals surface area contributed by atoms with Crippen molar-refractivity contribution >= 4 is 23.5 Å².